The summed E-state index contributed by atoms with van der Waals surface area (Å²) >= 11 is 0. The molecule has 0 rings (SSSR count). The van der Waals surface area contributed by atoms with Crippen molar-refractivity contribution in [2.45, 2.75) is 6.92 Å². The number of rotatable bonds is 6. The third-order valence-corrected chi connectivity index (χ3v) is 1.85. The van der Waals surface area contributed by atoms with Gasteiger partial charge >= 0.3 is 0 Å². The van der Waals surface area contributed by atoms with Crippen molar-refractivity contribution in [2.75, 3.05) is 33.2 Å². The molecule has 5 heteroatoms. The Bertz CT molecular complexity index is 258. The van der Waals surface area contributed by atoms with Crippen LogP contribution >= 0.6 is 0 Å². The summed E-state index contributed by atoms with van der Waals surface area (Å²) in [5, 5.41) is 5.25. The minimum atomic E-state index is -0.179. The molecule has 84 valence electrons. The Morgan fingerprint density at radius 2 is 2.13 bits per heavy atom. The Morgan fingerprint density at radius 3 is 2.60 bits per heavy atom. The standard InChI is InChI=1S/C10H17N3O2/c1-4-6-12-7-10(15)13(5-2)8-9(14)11-3/h1,12H,5-8H2,2-3H3,(H,11,14). The molecule has 0 aromatic rings. The Labute approximate surface area is 90.2 Å². The molecule has 0 radical (unpaired) electrons. The predicted octanol–water partition coefficient (Wildman–Crippen LogP) is -1.20. The highest BCUT2D eigenvalue weighted by Gasteiger charge is 2.13. The zero-order valence-corrected chi connectivity index (χ0v) is 9.17. The zero-order valence-electron chi connectivity index (χ0n) is 9.17. The lowest BCUT2D eigenvalue weighted by molar-refractivity contribution is -0.134. The second kappa shape index (κ2) is 7.83. The van der Waals surface area contributed by atoms with Gasteiger partial charge in [0.15, 0.2) is 0 Å². The van der Waals surface area contributed by atoms with Crippen LogP contribution in [0.2, 0.25) is 0 Å². The average molecular weight is 211 g/mol. The van der Waals surface area contributed by atoms with Gasteiger partial charge in [-0.2, -0.15) is 0 Å². The number of amides is 2. The molecule has 0 unspecified atom stereocenters. The van der Waals surface area contributed by atoms with Crippen molar-refractivity contribution in [3.63, 3.8) is 0 Å². The lowest BCUT2D eigenvalue weighted by Crippen LogP contribution is -2.43. The highest BCUT2D eigenvalue weighted by atomic mass is 16.2. The molecule has 0 aliphatic rings. The van der Waals surface area contributed by atoms with Crippen LogP contribution in [0.3, 0.4) is 0 Å². The Balaban J connectivity index is 4.00. The number of hydrogen-bond acceptors (Lipinski definition) is 3. The number of hydrogen-bond donors (Lipinski definition) is 2. The molecule has 5 nitrogen and oxygen atoms in total. The van der Waals surface area contributed by atoms with Gasteiger partial charge in [0.2, 0.25) is 11.8 Å². The maximum Gasteiger partial charge on any atom is 0.239 e. The first-order valence-electron chi connectivity index (χ1n) is 4.78. The fraction of sp³-hybridized carbons (Fsp3) is 0.600. The largest absolute Gasteiger partial charge is 0.358 e. The lowest BCUT2D eigenvalue weighted by atomic mass is 10.4. The van der Waals surface area contributed by atoms with Crippen LogP contribution in [0.25, 0.3) is 0 Å². The third-order valence-electron chi connectivity index (χ3n) is 1.85. The van der Waals surface area contributed by atoms with E-state index in [1.54, 1.807) is 0 Å². The monoisotopic (exact) mass is 211 g/mol. The number of terminal acetylenes is 1. The van der Waals surface area contributed by atoms with Crippen LogP contribution in [0.15, 0.2) is 0 Å². The molecule has 0 spiro atoms. The third kappa shape index (κ3) is 5.70. The fourth-order valence-corrected chi connectivity index (χ4v) is 0.982. The highest BCUT2D eigenvalue weighted by Crippen LogP contribution is 1.88. The maximum absolute atomic E-state index is 11.5. The minimum absolute atomic E-state index is 0.0869. The van der Waals surface area contributed by atoms with Crippen LogP contribution in [0.5, 0.6) is 0 Å². The van der Waals surface area contributed by atoms with Crippen molar-refractivity contribution < 1.29 is 9.59 Å². The quantitative estimate of drug-likeness (QED) is 0.429. The predicted molar refractivity (Wildman–Crippen MR) is 58.0 cm³/mol. The Kier molecular flexibility index (Phi) is 7.02. The Hall–Kier alpha value is -1.54. The summed E-state index contributed by atoms with van der Waals surface area (Å²) in [7, 11) is 1.54. The van der Waals surface area contributed by atoms with Crippen LogP contribution in [0, 0.1) is 12.3 Å². The van der Waals surface area contributed by atoms with Crippen molar-refractivity contribution in [3.8, 4) is 12.3 Å². The molecule has 0 saturated heterocycles. The number of nitrogens with one attached hydrogen (secondary N) is 2. The molecule has 0 atom stereocenters. The van der Waals surface area contributed by atoms with Gasteiger partial charge in [-0.3, -0.25) is 14.9 Å². The van der Waals surface area contributed by atoms with Gasteiger partial charge in [0, 0.05) is 13.6 Å². The molecule has 15 heavy (non-hydrogen) atoms. The van der Waals surface area contributed by atoms with Gasteiger partial charge in [-0.25, -0.2) is 0 Å². The van der Waals surface area contributed by atoms with E-state index in [9.17, 15) is 9.59 Å². The van der Waals surface area contributed by atoms with E-state index in [4.69, 9.17) is 6.42 Å². The smallest absolute Gasteiger partial charge is 0.239 e. The van der Waals surface area contributed by atoms with Crippen molar-refractivity contribution in [3.05, 3.63) is 0 Å². The molecule has 2 amide bonds. The second-order valence-corrected chi connectivity index (χ2v) is 2.89. The molecular formula is C10H17N3O2. The number of nitrogens with zero attached hydrogens (tertiary/aromatic N) is 1. The summed E-state index contributed by atoms with van der Waals surface area (Å²) < 4.78 is 0. The Morgan fingerprint density at radius 1 is 1.47 bits per heavy atom. The van der Waals surface area contributed by atoms with Crippen LogP contribution in [0.4, 0.5) is 0 Å². The summed E-state index contributed by atoms with van der Waals surface area (Å²) in [4.78, 5) is 24.0. The van der Waals surface area contributed by atoms with E-state index in [1.807, 2.05) is 6.92 Å². The van der Waals surface area contributed by atoms with E-state index in [0.717, 1.165) is 0 Å². The molecule has 0 bridgehead atoms. The van der Waals surface area contributed by atoms with Crippen molar-refractivity contribution >= 4 is 11.8 Å². The van der Waals surface area contributed by atoms with Gasteiger partial charge in [-0.1, -0.05) is 5.92 Å². The molecule has 0 aromatic heterocycles. The molecule has 0 heterocycles. The first-order chi connectivity index (χ1) is 7.15. The topological polar surface area (TPSA) is 61.4 Å². The van der Waals surface area contributed by atoms with Crippen LogP contribution in [-0.2, 0) is 9.59 Å². The first-order valence-corrected chi connectivity index (χ1v) is 4.78. The van der Waals surface area contributed by atoms with Crippen LogP contribution in [0.1, 0.15) is 6.92 Å². The van der Waals surface area contributed by atoms with Crippen molar-refractivity contribution in [1.29, 1.82) is 0 Å². The van der Waals surface area contributed by atoms with Crippen LogP contribution < -0.4 is 10.6 Å². The van der Waals surface area contributed by atoms with Gasteiger partial charge in [-0.15, -0.1) is 6.42 Å². The normalized spacial score (nSPS) is 9.13. The number of carbonyl (C=O) groups excluding carboxylic acids is 2. The van der Waals surface area contributed by atoms with Gasteiger partial charge in [0.05, 0.1) is 19.6 Å². The first kappa shape index (κ1) is 13.5. The molecule has 0 aliphatic heterocycles. The lowest BCUT2D eigenvalue weighted by Gasteiger charge is -2.19. The summed E-state index contributed by atoms with van der Waals surface area (Å²) in [6.45, 7) is 2.92. The van der Waals surface area contributed by atoms with E-state index in [0.29, 0.717) is 13.1 Å². The second-order valence-electron chi connectivity index (χ2n) is 2.89. The van der Waals surface area contributed by atoms with Crippen LogP contribution in [-0.4, -0.2) is 49.9 Å². The molecule has 0 aromatic carbocycles. The molecule has 0 fully saturated rings. The highest BCUT2D eigenvalue weighted by molar-refractivity contribution is 5.85. The zero-order chi connectivity index (χ0) is 11.7. The summed E-state index contributed by atoms with van der Waals surface area (Å²) in [5.41, 5.74) is 0. The van der Waals surface area contributed by atoms with Gasteiger partial charge in [-0.05, 0) is 6.92 Å². The van der Waals surface area contributed by atoms with Gasteiger partial charge in [0.1, 0.15) is 0 Å². The maximum atomic E-state index is 11.5. The molecular weight excluding hydrogens is 194 g/mol. The minimum Gasteiger partial charge on any atom is -0.358 e. The van der Waals surface area contributed by atoms with E-state index >= 15 is 0 Å². The van der Waals surface area contributed by atoms with Crippen molar-refractivity contribution in [2.24, 2.45) is 0 Å². The average Bonchev–Trinajstić information content (AvgIpc) is 2.25. The number of likely N-dealkylation sites (N-methyl/N-ethyl adjacent to an activating group) is 2. The molecule has 2 N–H and O–H groups in total. The summed E-state index contributed by atoms with van der Waals surface area (Å²) in [6.07, 6.45) is 5.02. The van der Waals surface area contributed by atoms with E-state index in [1.165, 1.54) is 11.9 Å². The van der Waals surface area contributed by atoms with Gasteiger partial charge < -0.3 is 10.2 Å². The van der Waals surface area contributed by atoms with Gasteiger partial charge in [0.25, 0.3) is 0 Å². The van der Waals surface area contributed by atoms with Crippen molar-refractivity contribution in [1.82, 2.24) is 15.5 Å². The summed E-state index contributed by atoms with van der Waals surface area (Å²) in [5.74, 6) is 2.06. The SMILES string of the molecule is C#CCNCC(=O)N(CC)CC(=O)NC. The van der Waals surface area contributed by atoms with E-state index < -0.39 is 0 Å². The fourth-order valence-electron chi connectivity index (χ4n) is 0.982. The molecule has 0 saturated carbocycles. The summed E-state index contributed by atoms with van der Waals surface area (Å²) in [6, 6.07) is 0. The molecule has 0 aliphatic carbocycles. The number of carbonyl (C=O) groups is 2. The van der Waals surface area contributed by atoms with E-state index in [-0.39, 0.29) is 24.9 Å². The van der Waals surface area contributed by atoms with E-state index in [2.05, 4.69) is 16.6 Å².